The van der Waals surface area contributed by atoms with Crippen LogP contribution in [0.3, 0.4) is 0 Å². The molecule has 5 aliphatic rings. The number of nitrogens with zero attached hydrogens (tertiary/aromatic N) is 3. The molecule has 12 heteroatoms. The highest BCUT2D eigenvalue weighted by molar-refractivity contribution is 7.23. The van der Waals surface area contributed by atoms with Crippen LogP contribution in [-0.2, 0) is 0 Å². The minimum Gasteiger partial charge on any atom is -0.872 e. The van der Waals surface area contributed by atoms with Gasteiger partial charge in [-0.15, -0.1) is 45.3 Å². The van der Waals surface area contributed by atoms with Crippen LogP contribution < -0.4 is 31.4 Å². The van der Waals surface area contributed by atoms with Gasteiger partial charge in [-0.3, -0.25) is 0 Å². The molecule has 8 nitrogen and oxygen atoms in total. The Morgan fingerprint density at radius 1 is 0.569 bits per heavy atom. The van der Waals surface area contributed by atoms with E-state index in [1.165, 1.54) is 19.5 Å². The summed E-state index contributed by atoms with van der Waals surface area (Å²) in [5, 5.41) is 48.6. The molecule has 2 aliphatic heterocycles. The fourth-order valence-corrected chi connectivity index (χ4v) is 13.5. The molecule has 65 heavy (non-hydrogen) atoms. The molecule has 0 spiro atoms. The average molecular weight is 911 g/mol. The Labute approximate surface area is 387 Å². The zero-order chi connectivity index (χ0) is 42.9. The Morgan fingerprint density at radius 3 is 2.11 bits per heavy atom. The molecule has 0 saturated carbocycles. The smallest absolute Gasteiger partial charge is 0.170 e. The molecule has 14 rings (SSSR count). The molecule has 3 N–H and O–H groups in total. The second-order valence-electron chi connectivity index (χ2n) is 16.4. The average Bonchev–Trinajstić information content (AvgIpc) is 4.20. The minimum atomic E-state index is -0.403. The third-order valence-corrected chi connectivity index (χ3v) is 17.1. The van der Waals surface area contributed by atoms with Crippen molar-refractivity contribution in [1.82, 2.24) is 20.6 Å². The van der Waals surface area contributed by atoms with Crippen LogP contribution >= 0.6 is 45.3 Å². The van der Waals surface area contributed by atoms with Crippen molar-refractivity contribution in [3.05, 3.63) is 200 Å². The van der Waals surface area contributed by atoms with Gasteiger partial charge < -0.3 is 26.2 Å². The number of aliphatic imine (C=N–C) groups is 1. The zero-order valence-electron chi connectivity index (χ0n) is 33.9. The lowest BCUT2D eigenvalue weighted by Gasteiger charge is -2.47. The summed E-state index contributed by atoms with van der Waals surface area (Å²) in [5.74, 6) is 1.35. The summed E-state index contributed by atoms with van der Waals surface area (Å²) in [4.78, 5) is 22.1. The van der Waals surface area contributed by atoms with Crippen LogP contribution in [0.15, 0.2) is 189 Å². The van der Waals surface area contributed by atoms with E-state index in [0.29, 0.717) is 11.1 Å². The lowest BCUT2D eigenvalue weighted by molar-refractivity contribution is -0.325. The molecule has 0 saturated heterocycles. The molecular weight excluding hydrogens is 881 g/mol. The highest BCUT2D eigenvalue weighted by atomic mass is 32.1. The standard InChI is InChI=1S/C53H32N6O2S4/c60-49-47(50(61)48(49)30-15-18-36-45-27(30)7-2-10-33(45)56-52(58-36)42-22-20-40(64-42)38-12-4-24-62-38)29-14-17-35-44-26(29)6-1-9-32(44)54-51(55-35)31-16-19-37-46-28(31)8-3-11-34(46)57-53(59-37)43-23-21-41(65-43)39-13-5-25-63-39/h1-26,29,54-55,60-61H,(H,56,58)/p-2. The first-order valence-corrected chi connectivity index (χ1v) is 24.5. The van der Waals surface area contributed by atoms with Gasteiger partial charge in [-0.1, -0.05) is 77.8 Å². The quantitative estimate of drug-likeness (QED) is 0.152. The molecule has 310 valence electrons. The van der Waals surface area contributed by atoms with Crippen LogP contribution in [0, 0.1) is 11.8 Å². The Bertz CT molecular complexity index is 3820. The fraction of sp³-hybridized carbons (Fsp3) is 0.0377. The Kier molecular flexibility index (Phi) is 8.03. The number of nitrogens with one attached hydrogen (secondary N) is 3. The van der Waals surface area contributed by atoms with Gasteiger partial charge in [0.15, 0.2) is 5.82 Å². The lowest BCUT2D eigenvalue weighted by Crippen LogP contribution is -2.42. The van der Waals surface area contributed by atoms with Crippen LogP contribution in [-0.4, -0.2) is 15.8 Å². The number of benzene rings is 4. The van der Waals surface area contributed by atoms with Gasteiger partial charge in [0.05, 0.1) is 26.5 Å². The van der Waals surface area contributed by atoms with Gasteiger partial charge >= 0.3 is 0 Å². The minimum absolute atomic E-state index is 0.197. The molecule has 5 aromatic heterocycles. The first-order chi connectivity index (χ1) is 32.0. The lowest BCUT2D eigenvalue weighted by atomic mass is 9.69. The van der Waals surface area contributed by atoms with E-state index in [9.17, 15) is 10.2 Å². The predicted octanol–water partition coefficient (Wildman–Crippen LogP) is 10.6. The Morgan fingerprint density at radius 2 is 1.31 bits per heavy atom. The second kappa shape index (κ2) is 14.1. The van der Waals surface area contributed by atoms with Gasteiger partial charge in [0, 0.05) is 70.0 Å². The van der Waals surface area contributed by atoms with E-state index < -0.39 is 5.92 Å². The topological polar surface area (TPSA) is 120 Å². The van der Waals surface area contributed by atoms with Crippen LogP contribution in [0.1, 0.15) is 10.4 Å². The Hall–Kier alpha value is -7.35. The third-order valence-electron chi connectivity index (χ3n) is 12.8. The van der Waals surface area contributed by atoms with Crippen molar-refractivity contribution < 1.29 is 10.2 Å². The summed E-state index contributed by atoms with van der Waals surface area (Å²) in [7, 11) is 0. The summed E-state index contributed by atoms with van der Waals surface area (Å²) in [6, 6.07) is 37.1. The van der Waals surface area contributed by atoms with E-state index in [1.54, 1.807) is 45.3 Å². The number of thiophene rings is 4. The maximum absolute atomic E-state index is 14.3. The highest BCUT2D eigenvalue weighted by Crippen LogP contribution is 2.51. The van der Waals surface area contributed by atoms with Gasteiger partial charge in [0.25, 0.3) is 0 Å². The molecule has 7 heterocycles. The number of anilines is 1. The Balaban J connectivity index is 0.772. The third kappa shape index (κ3) is 5.61. The first-order valence-electron chi connectivity index (χ1n) is 21.1. The van der Waals surface area contributed by atoms with Gasteiger partial charge in [-0.2, -0.15) is 0 Å². The van der Waals surface area contributed by atoms with Crippen molar-refractivity contribution in [1.29, 1.82) is 0 Å². The fourth-order valence-electron chi connectivity index (χ4n) is 9.92. The van der Waals surface area contributed by atoms with Crippen molar-refractivity contribution in [2.75, 3.05) is 5.32 Å². The summed E-state index contributed by atoms with van der Waals surface area (Å²) in [6.07, 6.45) is 10.2. The van der Waals surface area contributed by atoms with Gasteiger partial charge in [-0.25, -0.2) is 15.0 Å². The van der Waals surface area contributed by atoms with Crippen molar-refractivity contribution in [3.8, 4) is 30.2 Å². The molecule has 0 radical (unpaired) electrons. The normalized spacial score (nSPS) is 19.3. The van der Waals surface area contributed by atoms with Gasteiger partial charge in [-0.05, 0) is 112 Å². The summed E-state index contributed by atoms with van der Waals surface area (Å²) < 4.78 is 0. The number of rotatable bonds is 6. The SMILES string of the molecule is [O-]C1=C(c2ccc3c4c(cccc24)NC(c2ccc(-c4cccs4)s2)=N3)C([O-])=C1C1C=CC2=C3C(=CC=CC31)NC(=c1ccc3nc(-c4ccc(-c5cccs5)s4)nc4cccc1c43)N2. The largest absolute Gasteiger partial charge is 0.872 e. The molecule has 2 atom stereocenters. The summed E-state index contributed by atoms with van der Waals surface area (Å²) in [5.41, 5.74) is 7.59. The number of hydrogen-bond donors (Lipinski definition) is 3. The van der Waals surface area contributed by atoms with E-state index in [0.717, 1.165) is 93.4 Å². The van der Waals surface area contributed by atoms with E-state index >= 15 is 0 Å². The van der Waals surface area contributed by atoms with Crippen LogP contribution in [0.2, 0.25) is 0 Å². The van der Waals surface area contributed by atoms with Crippen molar-refractivity contribution >= 4 is 107 Å². The van der Waals surface area contributed by atoms with Crippen LogP contribution in [0.4, 0.5) is 11.4 Å². The number of amidine groups is 1. The molecule has 0 bridgehead atoms. The predicted molar refractivity (Wildman–Crippen MR) is 264 cm³/mol. The van der Waals surface area contributed by atoms with E-state index in [1.807, 2.05) is 48.6 Å². The van der Waals surface area contributed by atoms with Gasteiger partial charge in [0.2, 0.25) is 0 Å². The zero-order valence-corrected chi connectivity index (χ0v) is 37.1. The highest BCUT2D eigenvalue weighted by Gasteiger charge is 2.38. The maximum atomic E-state index is 14.3. The van der Waals surface area contributed by atoms with E-state index in [2.05, 4.69) is 118 Å². The van der Waals surface area contributed by atoms with Crippen molar-refractivity contribution in [2.24, 2.45) is 16.8 Å². The molecule has 0 amide bonds. The van der Waals surface area contributed by atoms with Gasteiger partial charge in [0.1, 0.15) is 11.7 Å². The van der Waals surface area contributed by atoms with Crippen molar-refractivity contribution in [3.63, 3.8) is 0 Å². The second-order valence-corrected chi connectivity index (χ2v) is 20.4. The number of allylic oxidation sites excluding steroid dienone is 8. The van der Waals surface area contributed by atoms with Crippen LogP contribution in [0.5, 0.6) is 0 Å². The molecule has 9 aromatic rings. The van der Waals surface area contributed by atoms with E-state index in [4.69, 9.17) is 15.0 Å². The number of hydrogen-bond acceptors (Lipinski definition) is 12. The van der Waals surface area contributed by atoms with Crippen molar-refractivity contribution in [2.45, 2.75) is 0 Å². The maximum Gasteiger partial charge on any atom is 0.170 e. The summed E-state index contributed by atoms with van der Waals surface area (Å²) >= 11 is 6.86. The van der Waals surface area contributed by atoms with Crippen LogP contribution in [0.25, 0.3) is 74.2 Å². The monoisotopic (exact) mass is 910 g/mol. The van der Waals surface area contributed by atoms with E-state index in [-0.39, 0.29) is 23.0 Å². The molecule has 3 aliphatic carbocycles. The molecule has 4 aromatic carbocycles. The molecular formula is C53H30N6O2S4-2. The number of aromatic nitrogens is 2. The first kappa shape index (κ1) is 37.1. The summed E-state index contributed by atoms with van der Waals surface area (Å²) in [6.45, 7) is 0. The molecule has 2 unspecified atom stereocenters. The molecule has 0 fully saturated rings.